The van der Waals surface area contributed by atoms with Crippen molar-refractivity contribution in [2.24, 2.45) is 7.05 Å². The number of urea groups is 1. The van der Waals surface area contributed by atoms with Gasteiger partial charge in [0.05, 0.1) is 23.8 Å². The highest BCUT2D eigenvalue weighted by Gasteiger charge is 2.32. The van der Waals surface area contributed by atoms with Gasteiger partial charge >= 0.3 is 6.03 Å². The molecule has 24 heavy (non-hydrogen) atoms. The third-order valence-corrected chi connectivity index (χ3v) is 4.36. The third kappa shape index (κ3) is 3.38. The lowest BCUT2D eigenvalue weighted by molar-refractivity contribution is 0.0490. The standard InChI is InChI=1S/C17H18ClN3O3/c1-11-7-12(8-16(22)20(11)2)24-13-9-21(10-13)17(23)19-15-6-4-3-5-14(15)18/h3-8,13H,9-10H2,1-2H3,(H,19,23). The van der Waals surface area contributed by atoms with E-state index in [0.717, 1.165) is 5.69 Å². The molecule has 6 nitrogen and oxygen atoms in total. The number of rotatable bonds is 3. The number of carbonyl (C=O) groups is 1. The zero-order chi connectivity index (χ0) is 17.3. The molecule has 2 amide bonds. The number of carbonyl (C=O) groups excluding carboxylic acids is 1. The highest BCUT2D eigenvalue weighted by atomic mass is 35.5. The second-order valence-corrected chi connectivity index (χ2v) is 6.19. The van der Waals surface area contributed by atoms with Crippen molar-refractivity contribution in [3.8, 4) is 5.75 Å². The van der Waals surface area contributed by atoms with Crippen LogP contribution in [0.1, 0.15) is 5.69 Å². The predicted octanol–water partition coefficient (Wildman–Crippen LogP) is 2.64. The van der Waals surface area contributed by atoms with E-state index in [0.29, 0.717) is 29.5 Å². The minimum Gasteiger partial charge on any atom is -0.486 e. The number of para-hydroxylation sites is 1. The Bertz CT molecular complexity index is 828. The lowest BCUT2D eigenvalue weighted by atomic mass is 10.2. The Labute approximate surface area is 144 Å². The fourth-order valence-electron chi connectivity index (χ4n) is 2.43. The van der Waals surface area contributed by atoms with Crippen molar-refractivity contribution < 1.29 is 9.53 Å². The van der Waals surface area contributed by atoms with Gasteiger partial charge in [-0.1, -0.05) is 23.7 Å². The number of ether oxygens (including phenoxy) is 1. The smallest absolute Gasteiger partial charge is 0.322 e. The maximum atomic E-state index is 12.1. The van der Waals surface area contributed by atoms with Crippen LogP contribution in [0.5, 0.6) is 5.75 Å². The van der Waals surface area contributed by atoms with Crippen LogP contribution in [0.3, 0.4) is 0 Å². The normalized spacial score (nSPS) is 14.2. The van der Waals surface area contributed by atoms with Crippen LogP contribution in [0, 0.1) is 6.92 Å². The van der Waals surface area contributed by atoms with Gasteiger partial charge in [0.25, 0.3) is 5.56 Å². The molecule has 1 aliphatic heterocycles. The summed E-state index contributed by atoms with van der Waals surface area (Å²) in [5.74, 6) is 0.534. The molecule has 1 N–H and O–H groups in total. The van der Waals surface area contributed by atoms with Gasteiger partial charge in [0.15, 0.2) is 0 Å². The predicted molar refractivity (Wildman–Crippen MR) is 92.9 cm³/mol. The molecule has 1 saturated heterocycles. The average molecular weight is 348 g/mol. The molecule has 0 atom stereocenters. The summed E-state index contributed by atoms with van der Waals surface area (Å²) < 4.78 is 7.31. The van der Waals surface area contributed by atoms with Crippen LogP contribution in [0.15, 0.2) is 41.2 Å². The molecule has 1 aliphatic rings. The number of aryl methyl sites for hydroxylation is 1. The van der Waals surface area contributed by atoms with E-state index in [1.807, 2.05) is 19.1 Å². The molecular formula is C17H18ClN3O3. The number of hydrogen-bond acceptors (Lipinski definition) is 3. The number of aromatic nitrogens is 1. The van der Waals surface area contributed by atoms with Gasteiger partial charge in [-0.3, -0.25) is 4.79 Å². The van der Waals surface area contributed by atoms with Gasteiger partial charge in [0.2, 0.25) is 0 Å². The number of nitrogens with one attached hydrogen (secondary N) is 1. The summed E-state index contributed by atoms with van der Waals surface area (Å²) in [6.45, 7) is 2.77. The number of halogens is 1. The molecule has 7 heteroatoms. The third-order valence-electron chi connectivity index (χ3n) is 4.03. The van der Waals surface area contributed by atoms with Gasteiger partial charge < -0.3 is 19.5 Å². The van der Waals surface area contributed by atoms with Crippen LogP contribution in [0.25, 0.3) is 0 Å². The second-order valence-electron chi connectivity index (χ2n) is 5.78. The lowest BCUT2D eigenvalue weighted by Gasteiger charge is -2.38. The number of pyridine rings is 1. The Morgan fingerprint density at radius 2 is 2.00 bits per heavy atom. The summed E-state index contributed by atoms with van der Waals surface area (Å²) in [5.41, 5.74) is 1.29. The SMILES string of the molecule is Cc1cc(OC2CN(C(=O)Nc3ccccc3Cl)C2)cc(=O)n1C. The number of nitrogens with zero attached hydrogens (tertiary/aromatic N) is 2. The van der Waals surface area contributed by atoms with Crippen LogP contribution in [-0.4, -0.2) is 34.7 Å². The van der Waals surface area contributed by atoms with Crippen LogP contribution in [0.2, 0.25) is 5.02 Å². The van der Waals surface area contributed by atoms with Gasteiger partial charge in [-0.05, 0) is 25.1 Å². The topological polar surface area (TPSA) is 63.6 Å². The Morgan fingerprint density at radius 3 is 2.67 bits per heavy atom. The quantitative estimate of drug-likeness (QED) is 0.928. The van der Waals surface area contributed by atoms with E-state index < -0.39 is 0 Å². The summed E-state index contributed by atoms with van der Waals surface area (Å²) in [6, 6.07) is 10.1. The number of likely N-dealkylation sites (tertiary alicyclic amines) is 1. The van der Waals surface area contributed by atoms with Gasteiger partial charge in [0.1, 0.15) is 11.9 Å². The summed E-state index contributed by atoms with van der Waals surface area (Å²) in [7, 11) is 1.71. The molecule has 0 aliphatic carbocycles. The van der Waals surface area contributed by atoms with Crippen LogP contribution in [-0.2, 0) is 7.05 Å². The molecule has 0 spiro atoms. The maximum absolute atomic E-state index is 12.1. The van der Waals surface area contributed by atoms with Crippen molar-refractivity contribution in [1.82, 2.24) is 9.47 Å². The van der Waals surface area contributed by atoms with Crippen molar-refractivity contribution in [3.63, 3.8) is 0 Å². The van der Waals surface area contributed by atoms with E-state index in [1.165, 1.54) is 6.07 Å². The van der Waals surface area contributed by atoms with Gasteiger partial charge in [0, 0.05) is 18.8 Å². The summed E-state index contributed by atoms with van der Waals surface area (Å²) in [6.07, 6.45) is -0.117. The number of benzene rings is 1. The highest BCUT2D eigenvalue weighted by molar-refractivity contribution is 6.33. The summed E-state index contributed by atoms with van der Waals surface area (Å²) >= 11 is 6.02. The van der Waals surface area contributed by atoms with Gasteiger partial charge in [-0.2, -0.15) is 0 Å². The Kier molecular flexibility index (Phi) is 4.49. The molecule has 0 unspecified atom stereocenters. The highest BCUT2D eigenvalue weighted by Crippen LogP contribution is 2.23. The molecule has 3 rings (SSSR count). The van der Waals surface area contributed by atoms with Gasteiger partial charge in [-0.25, -0.2) is 4.79 Å². The maximum Gasteiger partial charge on any atom is 0.322 e. The number of hydrogen-bond donors (Lipinski definition) is 1. The van der Waals surface area contributed by atoms with Crippen molar-refractivity contribution >= 4 is 23.3 Å². The number of amides is 2. The molecule has 126 valence electrons. The monoisotopic (exact) mass is 347 g/mol. The first-order valence-corrected chi connectivity index (χ1v) is 7.96. The average Bonchev–Trinajstić information content (AvgIpc) is 2.50. The van der Waals surface area contributed by atoms with E-state index >= 15 is 0 Å². The Balaban J connectivity index is 1.55. The van der Waals surface area contributed by atoms with E-state index in [9.17, 15) is 9.59 Å². The number of anilines is 1. The second kappa shape index (κ2) is 6.57. The van der Waals surface area contributed by atoms with Crippen LogP contribution >= 0.6 is 11.6 Å². The van der Waals surface area contributed by atoms with Crippen molar-refractivity contribution in [3.05, 3.63) is 57.5 Å². The van der Waals surface area contributed by atoms with Crippen LogP contribution in [0.4, 0.5) is 10.5 Å². The fraction of sp³-hybridized carbons (Fsp3) is 0.294. The molecule has 1 aromatic heterocycles. The zero-order valence-electron chi connectivity index (χ0n) is 13.5. The van der Waals surface area contributed by atoms with E-state index in [-0.39, 0.29) is 17.7 Å². The molecule has 0 saturated carbocycles. The molecule has 1 aromatic carbocycles. The molecular weight excluding hydrogens is 330 g/mol. The molecule has 2 heterocycles. The Hall–Kier alpha value is -2.47. The molecule has 0 radical (unpaired) electrons. The lowest BCUT2D eigenvalue weighted by Crippen LogP contribution is -2.57. The first-order valence-electron chi connectivity index (χ1n) is 7.59. The van der Waals surface area contributed by atoms with Crippen LogP contribution < -0.4 is 15.6 Å². The van der Waals surface area contributed by atoms with Crippen molar-refractivity contribution in [1.29, 1.82) is 0 Å². The first-order chi connectivity index (χ1) is 11.4. The molecule has 1 fully saturated rings. The molecule has 0 bridgehead atoms. The Morgan fingerprint density at radius 1 is 1.29 bits per heavy atom. The van der Waals surface area contributed by atoms with E-state index in [4.69, 9.17) is 16.3 Å². The van der Waals surface area contributed by atoms with Crippen molar-refractivity contribution in [2.75, 3.05) is 18.4 Å². The zero-order valence-corrected chi connectivity index (χ0v) is 14.2. The summed E-state index contributed by atoms with van der Waals surface area (Å²) in [5, 5.41) is 3.26. The largest absolute Gasteiger partial charge is 0.486 e. The van der Waals surface area contributed by atoms with Crippen molar-refractivity contribution in [2.45, 2.75) is 13.0 Å². The van der Waals surface area contributed by atoms with E-state index in [2.05, 4.69) is 5.32 Å². The van der Waals surface area contributed by atoms with Gasteiger partial charge in [-0.15, -0.1) is 0 Å². The fourth-order valence-corrected chi connectivity index (χ4v) is 2.62. The minimum atomic E-state index is -0.219. The van der Waals surface area contributed by atoms with E-state index in [1.54, 1.807) is 34.7 Å². The molecule has 2 aromatic rings. The minimum absolute atomic E-state index is 0.113. The first kappa shape index (κ1) is 16.4. The summed E-state index contributed by atoms with van der Waals surface area (Å²) in [4.78, 5) is 25.5.